The van der Waals surface area contributed by atoms with Crippen molar-refractivity contribution in [3.8, 4) is 0 Å². The molecule has 2 rings (SSSR count). The van der Waals surface area contributed by atoms with Gasteiger partial charge in [0.15, 0.2) is 0 Å². The van der Waals surface area contributed by atoms with Crippen LogP contribution in [-0.4, -0.2) is 6.04 Å². The molecule has 0 aliphatic carbocycles. The van der Waals surface area contributed by atoms with E-state index in [1.165, 1.54) is 21.2 Å². The number of hydrogen-bond donors (Lipinski definition) is 2. The molecular weight excluding hydrogens is 216 g/mol. The Labute approximate surface area is 100 Å². The number of fused-ring (bicyclic) bond motifs is 1. The zero-order valence-electron chi connectivity index (χ0n) is 9.79. The number of hydrogen-bond acceptors (Lipinski definition) is 3. The smallest absolute Gasteiger partial charge is 0.0349 e. The van der Waals surface area contributed by atoms with Gasteiger partial charge in [-0.1, -0.05) is 26.0 Å². The van der Waals surface area contributed by atoms with Crippen LogP contribution in [0.5, 0.6) is 0 Å². The van der Waals surface area contributed by atoms with Crippen LogP contribution in [0.2, 0.25) is 0 Å². The highest BCUT2D eigenvalue weighted by Crippen LogP contribution is 2.26. The predicted octanol–water partition coefficient (Wildman–Crippen LogP) is 2.86. The number of benzene rings is 1. The van der Waals surface area contributed by atoms with E-state index in [1.54, 1.807) is 11.3 Å². The lowest BCUT2D eigenvalue weighted by Gasteiger charge is -2.07. The van der Waals surface area contributed by atoms with Crippen LogP contribution in [0.15, 0.2) is 23.6 Å². The number of nitrogens with two attached hydrogens (primary N) is 1. The first-order valence-electron chi connectivity index (χ1n) is 5.63. The summed E-state index contributed by atoms with van der Waals surface area (Å²) in [6.45, 7) is 5.90. The lowest BCUT2D eigenvalue weighted by atomic mass is 10.1. The van der Waals surface area contributed by atoms with E-state index in [0.717, 1.165) is 6.54 Å². The Morgan fingerprint density at radius 1 is 1.38 bits per heavy atom. The van der Waals surface area contributed by atoms with Crippen molar-refractivity contribution < 1.29 is 0 Å². The molecule has 1 heterocycles. The fraction of sp³-hybridized carbons (Fsp3) is 0.385. The van der Waals surface area contributed by atoms with Gasteiger partial charge in [-0.15, -0.1) is 11.3 Å². The van der Waals surface area contributed by atoms with Gasteiger partial charge in [-0.3, -0.25) is 0 Å². The molecular formula is C13H18N2S. The number of nitrogens with one attached hydrogen (secondary N) is 1. The third kappa shape index (κ3) is 2.43. The highest BCUT2D eigenvalue weighted by Gasteiger charge is 2.04. The molecule has 3 N–H and O–H groups in total. The van der Waals surface area contributed by atoms with E-state index < -0.39 is 0 Å². The molecule has 16 heavy (non-hydrogen) atoms. The van der Waals surface area contributed by atoms with E-state index in [9.17, 15) is 0 Å². The van der Waals surface area contributed by atoms with Crippen LogP contribution < -0.4 is 11.1 Å². The number of thiophene rings is 1. The highest BCUT2D eigenvalue weighted by molar-refractivity contribution is 7.17. The van der Waals surface area contributed by atoms with Crippen molar-refractivity contribution in [3.05, 3.63) is 34.7 Å². The zero-order valence-corrected chi connectivity index (χ0v) is 10.6. The second-order valence-corrected chi connectivity index (χ2v) is 5.24. The predicted molar refractivity (Wildman–Crippen MR) is 71.7 cm³/mol. The summed E-state index contributed by atoms with van der Waals surface area (Å²) in [6, 6.07) is 7.02. The van der Waals surface area contributed by atoms with E-state index >= 15 is 0 Å². The van der Waals surface area contributed by atoms with Gasteiger partial charge in [0.25, 0.3) is 0 Å². The third-order valence-electron chi connectivity index (χ3n) is 2.66. The minimum absolute atomic E-state index is 0.526. The van der Waals surface area contributed by atoms with Crippen molar-refractivity contribution in [2.24, 2.45) is 5.73 Å². The van der Waals surface area contributed by atoms with Crippen molar-refractivity contribution in [1.82, 2.24) is 5.32 Å². The summed E-state index contributed by atoms with van der Waals surface area (Å²) in [5.41, 5.74) is 8.23. The Balaban J connectivity index is 2.27. The van der Waals surface area contributed by atoms with Crippen LogP contribution in [-0.2, 0) is 13.1 Å². The van der Waals surface area contributed by atoms with Crippen LogP contribution in [0.3, 0.4) is 0 Å². The molecule has 86 valence electrons. The van der Waals surface area contributed by atoms with Gasteiger partial charge in [0.2, 0.25) is 0 Å². The molecule has 0 atom stereocenters. The molecule has 2 nitrogen and oxygen atoms in total. The Morgan fingerprint density at radius 3 is 2.88 bits per heavy atom. The first-order chi connectivity index (χ1) is 7.70. The van der Waals surface area contributed by atoms with Crippen LogP contribution in [0, 0.1) is 0 Å². The van der Waals surface area contributed by atoms with Gasteiger partial charge >= 0.3 is 0 Å². The number of rotatable bonds is 4. The molecule has 0 saturated heterocycles. The maximum Gasteiger partial charge on any atom is 0.0349 e. The van der Waals surface area contributed by atoms with Gasteiger partial charge in [0.1, 0.15) is 0 Å². The standard InChI is InChI=1S/C13H18N2S/c1-9(2)15-7-11-8-16-13-5-10(6-14)3-4-12(11)13/h3-5,8-9,15H,6-7,14H2,1-2H3. The highest BCUT2D eigenvalue weighted by atomic mass is 32.1. The maximum atomic E-state index is 5.64. The summed E-state index contributed by atoms with van der Waals surface area (Å²) >= 11 is 1.80. The second kappa shape index (κ2) is 4.95. The average molecular weight is 234 g/mol. The molecule has 1 aromatic heterocycles. The van der Waals surface area contributed by atoms with Gasteiger partial charge in [0.05, 0.1) is 0 Å². The molecule has 0 spiro atoms. The Kier molecular flexibility index (Phi) is 3.59. The summed E-state index contributed by atoms with van der Waals surface area (Å²) < 4.78 is 1.34. The Bertz CT molecular complexity index is 474. The van der Waals surface area contributed by atoms with Gasteiger partial charge in [-0.05, 0) is 28.0 Å². The van der Waals surface area contributed by atoms with Crippen LogP contribution >= 0.6 is 11.3 Å². The molecule has 0 radical (unpaired) electrons. The lowest BCUT2D eigenvalue weighted by Crippen LogP contribution is -2.21. The summed E-state index contributed by atoms with van der Waals surface area (Å²) in [7, 11) is 0. The summed E-state index contributed by atoms with van der Waals surface area (Å²) in [5, 5.41) is 7.04. The molecule has 0 unspecified atom stereocenters. The molecule has 0 bridgehead atoms. The molecule has 1 aromatic carbocycles. The van der Waals surface area contributed by atoms with E-state index in [2.05, 4.69) is 42.7 Å². The van der Waals surface area contributed by atoms with Crippen molar-refractivity contribution in [1.29, 1.82) is 0 Å². The quantitative estimate of drug-likeness (QED) is 0.853. The molecule has 0 fully saturated rings. The Hall–Kier alpha value is -0.900. The SMILES string of the molecule is CC(C)NCc1csc2cc(CN)ccc12. The fourth-order valence-corrected chi connectivity index (χ4v) is 2.73. The van der Waals surface area contributed by atoms with Crippen LogP contribution in [0.1, 0.15) is 25.0 Å². The second-order valence-electron chi connectivity index (χ2n) is 4.33. The van der Waals surface area contributed by atoms with Gasteiger partial charge in [0, 0.05) is 23.8 Å². The minimum Gasteiger partial charge on any atom is -0.326 e. The van der Waals surface area contributed by atoms with Crippen molar-refractivity contribution in [2.45, 2.75) is 33.0 Å². The summed E-state index contributed by atoms with van der Waals surface area (Å²) in [4.78, 5) is 0. The van der Waals surface area contributed by atoms with E-state index in [4.69, 9.17) is 5.73 Å². The van der Waals surface area contributed by atoms with E-state index in [1.807, 2.05) is 0 Å². The fourth-order valence-electron chi connectivity index (χ4n) is 1.71. The van der Waals surface area contributed by atoms with Crippen LogP contribution in [0.25, 0.3) is 10.1 Å². The van der Waals surface area contributed by atoms with Crippen molar-refractivity contribution >= 4 is 21.4 Å². The van der Waals surface area contributed by atoms with Gasteiger partial charge < -0.3 is 11.1 Å². The Morgan fingerprint density at radius 2 is 2.19 bits per heavy atom. The van der Waals surface area contributed by atoms with E-state index in [0.29, 0.717) is 12.6 Å². The average Bonchev–Trinajstić information content (AvgIpc) is 2.68. The van der Waals surface area contributed by atoms with E-state index in [-0.39, 0.29) is 0 Å². The molecule has 0 aliphatic heterocycles. The van der Waals surface area contributed by atoms with Crippen molar-refractivity contribution in [3.63, 3.8) is 0 Å². The molecule has 0 amide bonds. The first kappa shape index (κ1) is 11.6. The largest absolute Gasteiger partial charge is 0.326 e. The maximum absolute atomic E-state index is 5.64. The van der Waals surface area contributed by atoms with Crippen LogP contribution in [0.4, 0.5) is 0 Å². The lowest BCUT2D eigenvalue weighted by molar-refractivity contribution is 0.591. The van der Waals surface area contributed by atoms with Gasteiger partial charge in [-0.2, -0.15) is 0 Å². The molecule has 2 aromatic rings. The van der Waals surface area contributed by atoms with Gasteiger partial charge in [-0.25, -0.2) is 0 Å². The zero-order chi connectivity index (χ0) is 11.5. The third-order valence-corrected chi connectivity index (χ3v) is 3.65. The monoisotopic (exact) mass is 234 g/mol. The van der Waals surface area contributed by atoms with Crippen molar-refractivity contribution in [2.75, 3.05) is 0 Å². The topological polar surface area (TPSA) is 38.0 Å². The molecule has 3 heteroatoms. The normalized spacial score (nSPS) is 11.5. The molecule has 0 saturated carbocycles. The summed E-state index contributed by atoms with van der Waals surface area (Å²) in [5.74, 6) is 0. The minimum atomic E-state index is 0.526. The summed E-state index contributed by atoms with van der Waals surface area (Å²) in [6.07, 6.45) is 0. The molecule has 0 aliphatic rings. The first-order valence-corrected chi connectivity index (χ1v) is 6.51.